The molecule has 0 unspecified atom stereocenters. The Kier molecular flexibility index (Phi) is 5.52. The number of nitrogens with two attached hydrogens (primary N) is 1. The number of rotatable bonds is 7. The van der Waals surface area contributed by atoms with Gasteiger partial charge in [0, 0.05) is 23.4 Å². The van der Waals surface area contributed by atoms with Gasteiger partial charge in [-0.2, -0.15) is 0 Å². The highest BCUT2D eigenvalue weighted by Crippen LogP contribution is 2.22. The Morgan fingerprint density at radius 2 is 2.19 bits per heavy atom. The van der Waals surface area contributed by atoms with E-state index in [1.165, 1.54) is 4.88 Å². The van der Waals surface area contributed by atoms with E-state index in [0.717, 1.165) is 31.0 Å². The number of nitrogens with one attached hydrogen (secondary N) is 1. The molecule has 5 nitrogen and oxygen atoms in total. The van der Waals surface area contributed by atoms with Gasteiger partial charge in [0.15, 0.2) is 0 Å². The first-order valence-corrected chi connectivity index (χ1v) is 8.15. The maximum absolute atomic E-state index is 5.54. The number of nitrogen functional groups attached to an aromatic ring is 1. The van der Waals surface area contributed by atoms with Gasteiger partial charge in [0.2, 0.25) is 0 Å². The molecule has 0 fully saturated rings. The first-order chi connectivity index (χ1) is 10.1. The van der Waals surface area contributed by atoms with Crippen LogP contribution in [0.15, 0.2) is 23.6 Å². The van der Waals surface area contributed by atoms with Gasteiger partial charge < -0.3 is 10.3 Å². The van der Waals surface area contributed by atoms with Crippen LogP contribution >= 0.6 is 11.3 Å². The summed E-state index contributed by atoms with van der Waals surface area (Å²) >= 11 is 1.76. The summed E-state index contributed by atoms with van der Waals surface area (Å²) in [4.78, 5) is 12.7. The molecule has 0 atom stereocenters. The molecule has 2 heterocycles. The molecule has 0 aliphatic carbocycles. The molecule has 6 heteroatoms. The monoisotopic (exact) mass is 305 g/mol. The molecule has 0 bridgehead atoms. The minimum atomic E-state index is 0.349. The lowest BCUT2D eigenvalue weighted by molar-refractivity contribution is 0.670. The number of aromatic nitrogens is 2. The number of hydrogen-bond acceptors (Lipinski definition) is 6. The van der Waals surface area contributed by atoms with Crippen molar-refractivity contribution in [3.05, 3.63) is 34.3 Å². The van der Waals surface area contributed by atoms with Gasteiger partial charge in [-0.25, -0.2) is 15.8 Å². The Hall–Kier alpha value is -1.66. The number of anilines is 2. The summed E-state index contributed by atoms with van der Waals surface area (Å²) in [6.45, 7) is 7.31. The zero-order valence-corrected chi connectivity index (χ0v) is 13.7. The topological polar surface area (TPSA) is 67.1 Å². The van der Waals surface area contributed by atoms with Gasteiger partial charge in [0.1, 0.15) is 17.5 Å². The quantitative estimate of drug-likeness (QED) is 0.607. The summed E-state index contributed by atoms with van der Waals surface area (Å²) in [6, 6.07) is 6.48. The van der Waals surface area contributed by atoms with Crippen molar-refractivity contribution in [2.45, 2.75) is 46.2 Å². The summed E-state index contributed by atoms with van der Waals surface area (Å²) < 4.78 is 0. The Labute approximate surface area is 130 Å². The van der Waals surface area contributed by atoms with E-state index in [1.54, 1.807) is 11.3 Å². The normalized spacial score (nSPS) is 10.9. The fraction of sp³-hybridized carbons (Fsp3) is 0.467. The Morgan fingerprint density at radius 1 is 1.38 bits per heavy atom. The number of hydrazine groups is 1. The molecule has 0 saturated heterocycles. The molecule has 3 N–H and O–H groups in total. The lowest BCUT2D eigenvalue weighted by Gasteiger charge is -2.28. The van der Waals surface area contributed by atoms with Crippen molar-refractivity contribution in [1.82, 2.24) is 9.97 Å². The molecule has 2 rings (SSSR count). The molecule has 0 aromatic carbocycles. The van der Waals surface area contributed by atoms with Crippen LogP contribution in [0.25, 0.3) is 0 Å². The smallest absolute Gasteiger partial charge is 0.145 e. The van der Waals surface area contributed by atoms with Crippen LogP contribution in [0.4, 0.5) is 11.6 Å². The maximum Gasteiger partial charge on any atom is 0.145 e. The van der Waals surface area contributed by atoms with E-state index in [9.17, 15) is 0 Å². The van der Waals surface area contributed by atoms with Crippen molar-refractivity contribution in [2.24, 2.45) is 5.84 Å². The third-order valence-corrected chi connectivity index (χ3v) is 4.07. The zero-order chi connectivity index (χ0) is 15.2. The predicted molar refractivity (Wildman–Crippen MR) is 89.5 cm³/mol. The third-order valence-electron chi connectivity index (χ3n) is 3.20. The van der Waals surface area contributed by atoms with Crippen LogP contribution in [-0.4, -0.2) is 16.0 Å². The van der Waals surface area contributed by atoms with Gasteiger partial charge in [0.05, 0.1) is 6.54 Å². The third kappa shape index (κ3) is 4.15. The molecule has 0 aliphatic rings. The highest BCUT2D eigenvalue weighted by atomic mass is 32.1. The standard InChI is InChI=1S/C15H23N5S/c1-4-6-13-17-14(19-16)9-15(18-13)20(11(2)3)10-12-7-5-8-21-12/h5,7-9,11H,4,6,10,16H2,1-3H3,(H,17,18,19). The second-order valence-electron chi connectivity index (χ2n) is 5.22. The number of thiophene rings is 1. The summed E-state index contributed by atoms with van der Waals surface area (Å²) in [5.41, 5.74) is 2.64. The predicted octanol–water partition coefficient (Wildman–Crippen LogP) is 3.19. The summed E-state index contributed by atoms with van der Waals surface area (Å²) in [5, 5.41) is 2.10. The molecule has 0 radical (unpaired) electrons. The maximum atomic E-state index is 5.54. The van der Waals surface area contributed by atoms with Gasteiger partial charge in [-0.3, -0.25) is 0 Å². The average molecular weight is 305 g/mol. The second-order valence-corrected chi connectivity index (χ2v) is 6.26. The van der Waals surface area contributed by atoms with Gasteiger partial charge in [0.25, 0.3) is 0 Å². The molecule has 0 saturated carbocycles. The van der Waals surface area contributed by atoms with E-state index in [0.29, 0.717) is 11.9 Å². The largest absolute Gasteiger partial charge is 0.349 e. The van der Waals surface area contributed by atoms with Crippen molar-refractivity contribution in [3.8, 4) is 0 Å². The summed E-state index contributed by atoms with van der Waals surface area (Å²) in [5.74, 6) is 7.96. The number of nitrogens with zero attached hydrogens (tertiary/aromatic N) is 3. The van der Waals surface area contributed by atoms with Gasteiger partial charge in [-0.05, 0) is 31.7 Å². The highest BCUT2D eigenvalue weighted by Gasteiger charge is 2.15. The van der Waals surface area contributed by atoms with E-state index in [2.05, 4.69) is 53.6 Å². The van der Waals surface area contributed by atoms with E-state index in [1.807, 2.05) is 6.07 Å². The fourth-order valence-electron chi connectivity index (χ4n) is 2.14. The second kappa shape index (κ2) is 7.38. The molecule has 114 valence electrons. The van der Waals surface area contributed by atoms with Crippen molar-refractivity contribution < 1.29 is 0 Å². The lowest BCUT2D eigenvalue weighted by Crippen LogP contribution is -2.31. The lowest BCUT2D eigenvalue weighted by atomic mass is 10.2. The van der Waals surface area contributed by atoms with E-state index < -0.39 is 0 Å². The number of hydrogen-bond donors (Lipinski definition) is 2. The molecule has 21 heavy (non-hydrogen) atoms. The molecule has 2 aromatic rings. The van der Waals surface area contributed by atoms with Crippen molar-refractivity contribution >= 4 is 23.0 Å². The van der Waals surface area contributed by atoms with Gasteiger partial charge in [-0.15, -0.1) is 11.3 Å². The molecule has 0 aliphatic heterocycles. The Balaban J connectivity index is 2.32. The minimum absolute atomic E-state index is 0.349. The van der Waals surface area contributed by atoms with Crippen LogP contribution in [0.5, 0.6) is 0 Å². The average Bonchev–Trinajstić information content (AvgIpc) is 2.97. The number of aryl methyl sites for hydroxylation is 1. The van der Waals surface area contributed by atoms with Crippen molar-refractivity contribution in [2.75, 3.05) is 10.3 Å². The first kappa shape index (κ1) is 15.7. The molecular formula is C15H23N5S. The van der Waals surface area contributed by atoms with Gasteiger partial charge in [-0.1, -0.05) is 13.0 Å². The van der Waals surface area contributed by atoms with Gasteiger partial charge >= 0.3 is 0 Å². The fourth-order valence-corrected chi connectivity index (χ4v) is 2.84. The van der Waals surface area contributed by atoms with E-state index >= 15 is 0 Å². The van der Waals surface area contributed by atoms with Crippen molar-refractivity contribution in [1.29, 1.82) is 0 Å². The van der Waals surface area contributed by atoms with Crippen LogP contribution in [0.3, 0.4) is 0 Å². The Bertz CT molecular complexity index is 553. The van der Waals surface area contributed by atoms with Crippen LogP contribution in [0, 0.1) is 0 Å². The summed E-state index contributed by atoms with van der Waals surface area (Å²) in [7, 11) is 0. The van der Waals surface area contributed by atoms with Crippen LogP contribution in [-0.2, 0) is 13.0 Å². The van der Waals surface area contributed by atoms with E-state index in [4.69, 9.17) is 10.8 Å². The Morgan fingerprint density at radius 3 is 2.76 bits per heavy atom. The SMILES string of the molecule is CCCc1nc(NN)cc(N(Cc2cccs2)C(C)C)n1. The minimum Gasteiger partial charge on any atom is -0.349 e. The van der Waals surface area contributed by atoms with E-state index in [-0.39, 0.29) is 0 Å². The zero-order valence-electron chi connectivity index (χ0n) is 12.8. The van der Waals surface area contributed by atoms with Crippen LogP contribution in [0.1, 0.15) is 37.9 Å². The van der Waals surface area contributed by atoms with Crippen LogP contribution in [0.2, 0.25) is 0 Å². The van der Waals surface area contributed by atoms with Crippen LogP contribution < -0.4 is 16.2 Å². The molecule has 0 amide bonds. The first-order valence-electron chi connectivity index (χ1n) is 7.27. The highest BCUT2D eigenvalue weighted by molar-refractivity contribution is 7.09. The summed E-state index contributed by atoms with van der Waals surface area (Å²) in [6.07, 6.45) is 1.87. The molecular weight excluding hydrogens is 282 g/mol. The molecule has 0 spiro atoms. The van der Waals surface area contributed by atoms with Crippen molar-refractivity contribution in [3.63, 3.8) is 0 Å². The molecule has 2 aromatic heterocycles.